The SMILES string of the molecule is CCCCc1ccc(CNCC(=O)N2CCN(Cc3c(O)cc4c(c3O)-c3cc(ccc3O)[C@H]3NC(=O)[C@@H]5NC(=O)[C@H]6NC(=O)[C@@H](Cc7ccc(c(Cl)c7)Oc7cc5cc(c7O)Oc5ccc(cc5Cl)[C@@H](O)[C@H](NC3=O)C(=O)N[C@@H]4C(=O)O)NC(=O)[C@H](N)c3ccc(O)c(c3)Oc3cc(O)cc6c3)CC2)cc1. The van der Waals surface area contributed by atoms with Crippen molar-refractivity contribution in [1.82, 2.24) is 47.0 Å². The minimum absolute atomic E-state index is 0.0425. The van der Waals surface area contributed by atoms with Crippen molar-refractivity contribution in [2.24, 2.45) is 5.73 Å². The molecule has 8 aromatic rings. The average Bonchev–Trinajstić information content (AvgIpc) is 0.758. The van der Waals surface area contributed by atoms with Crippen molar-refractivity contribution in [2.75, 3.05) is 32.7 Å². The summed E-state index contributed by atoms with van der Waals surface area (Å²) in [7, 11) is 0. The van der Waals surface area contributed by atoms with Crippen molar-refractivity contribution in [1.29, 1.82) is 0 Å². The van der Waals surface area contributed by atoms with Gasteiger partial charge in [-0.1, -0.05) is 85.1 Å². The number of aliphatic carboxylic acids is 1. The lowest BCUT2D eigenvalue weighted by molar-refractivity contribution is -0.143. The number of halogens is 2. The maximum atomic E-state index is 16.1. The highest BCUT2D eigenvalue weighted by atomic mass is 35.5. The maximum absolute atomic E-state index is 16.1. The molecule has 0 spiro atoms. The van der Waals surface area contributed by atoms with Crippen LogP contribution in [-0.4, -0.2) is 143 Å². The van der Waals surface area contributed by atoms with Gasteiger partial charge in [0.25, 0.3) is 0 Å². The van der Waals surface area contributed by atoms with Gasteiger partial charge in [0.1, 0.15) is 82.6 Å². The molecule has 1 saturated heterocycles. The number of aryl methyl sites for hydroxylation is 1. The molecule has 7 amide bonds. The Labute approximate surface area is 619 Å². The minimum atomic E-state index is -2.27. The van der Waals surface area contributed by atoms with E-state index in [-0.39, 0.29) is 118 Å². The Morgan fingerprint density at radius 2 is 1.17 bits per heavy atom. The summed E-state index contributed by atoms with van der Waals surface area (Å²) in [4.78, 5) is 122. The van der Waals surface area contributed by atoms with Gasteiger partial charge in [-0.05, 0) is 136 Å². The van der Waals surface area contributed by atoms with Crippen molar-refractivity contribution in [3.8, 4) is 80.1 Å². The van der Waals surface area contributed by atoms with Gasteiger partial charge in [0, 0.05) is 68.4 Å². The highest BCUT2D eigenvalue weighted by molar-refractivity contribution is 6.32. The Balaban J connectivity index is 0.918. The van der Waals surface area contributed by atoms with E-state index in [9.17, 15) is 55.2 Å². The molecule has 17 N–H and O–H groups in total. The van der Waals surface area contributed by atoms with Crippen molar-refractivity contribution >= 4 is 70.5 Å². The molecule has 31 heteroatoms. The summed E-state index contributed by atoms with van der Waals surface area (Å²) in [5, 5.41) is 113. The zero-order valence-corrected chi connectivity index (χ0v) is 58.4. The Morgan fingerprint density at radius 3 is 1.84 bits per heavy atom. The number of benzene rings is 8. The number of nitrogens with one attached hydrogen (secondary N) is 7. The molecular formula is C76H72Cl2N10O19. The zero-order valence-electron chi connectivity index (χ0n) is 56.9. The first-order chi connectivity index (χ1) is 51.2. The molecule has 0 unspecified atom stereocenters. The molecule has 29 nitrogen and oxygen atoms in total. The molecule has 15 rings (SSSR count). The predicted octanol–water partition coefficient (Wildman–Crippen LogP) is 6.76. The summed E-state index contributed by atoms with van der Waals surface area (Å²) in [6.45, 7) is 3.29. The largest absolute Gasteiger partial charge is 0.508 e. The molecule has 107 heavy (non-hydrogen) atoms. The standard InChI is InChI=1S/C76H72Cl2N10O19/c1-2-3-4-35-5-7-36(8-6-35)32-80-33-59(93)88-19-17-87(18-20-88)34-47-53(92)31-46-60(68(47)95)45-25-39(11-13-51(45)90)62-72(99)86-66(75(102)85-65(46)76(103)104)67(94)40-12-16-55(49(78)26-40)107-58-29-42-28-57(69(58)96)106-54-15-9-37(21-48(54)77)22-50-70(97)82-63(73(100)84-64(42)74(101)83-62)41-23-43(89)30-44(24-41)105-56-27-38(10-14-52(56)91)61(79)71(98)81-50/h5-16,21,23-31,50,61-67,80,89-92,94-96H,2-4,17-20,22,32-34,79H2,1H3,(H,81,98)(H,82,97)(H,83,101)(H,84,100)(H,85,102)(H,86,99)(H,103,104)/t50-,61-,62-,63+,64-,65+,66+,67-/m1/s1. The number of carboxylic acid groups (broad SMARTS) is 1. The number of phenols is 6. The highest BCUT2D eigenvalue weighted by Crippen LogP contribution is 2.50. The van der Waals surface area contributed by atoms with E-state index in [1.54, 1.807) is 9.80 Å². The van der Waals surface area contributed by atoms with Crippen LogP contribution >= 0.6 is 23.2 Å². The first-order valence-corrected chi connectivity index (χ1v) is 34.8. The number of aromatic hydroxyl groups is 6. The normalized spacial score (nSPS) is 21.0. The first kappa shape index (κ1) is 73.5. The topological polar surface area (TPSA) is 443 Å². The number of hydrogen-bond acceptors (Lipinski definition) is 21. The van der Waals surface area contributed by atoms with Gasteiger partial charge in [-0.2, -0.15) is 0 Å². The summed E-state index contributed by atoms with van der Waals surface area (Å²) >= 11 is 13.9. The number of amides is 7. The molecule has 0 aliphatic carbocycles. The smallest absolute Gasteiger partial charge is 0.330 e. The highest BCUT2D eigenvalue weighted by Gasteiger charge is 2.42. The number of carbonyl (C=O) groups is 8. The number of ether oxygens (including phenoxy) is 3. The number of nitrogens with two attached hydrogens (primary N) is 1. The Morgan fingerprint density at radius 1 is 0.561 bits per heavy atom. The second kappa shape index (κ2) is 30.7. The van der Waals surface area contributed by atoms with Gasteiger partial charge < -0.3 is 103 Å². The molecule has 0 aromatic heterocycles. The van der Waals surface area contributed by atoms with E-state index in [1.807, 2.05) is 12.1 Å². The lowest BCUT2D eigenvalue weighted by Gasteiger charge is -2.35. The van der Waals surface area contributed by atoms with Crippen LogP contribution < -0.4 is 57.2 Å². The van der Waals surface area contributed by atoms with Crippen molar-refractivity contribution in [3.63, 3.8) is 0 Å². The van der Waals surface area contributed by atoms with Crippen LogP contribution in [0.2, 0.25) is 10.0 Å². The fourth-order valence-corrected chi connectivity index (χ4v) is 13.9. The second-order valence-electron chi connectivity index (χ2n) is 26.5. The first-order valence-electron chi connectivity index (χ1n) is 34.1. The number of nitrogens with zero attached hydrogens (tertiary/aromatic N) is 2. The Hall–Kier alpha value is -11.9. The number of carboxylic acids is 1. The fraction of sp³-hybridized carbons (Fsp3) is 0.263. The van der Waals surface area contributed by atoms with Crippen molar-refractivity contribution in [3.05, 3.63) is 199 Å². The van der Waals surface area contributed by atoms with Gasteiger partial charge >= 0.3 is 5.97 Å². The van der Waals surface area contributed by atoms with E-state index in [1.165, 1.54) is 60.2 Å². The van der Waals surface area contributed by atoms with Gasteiger partial charge in [-0.25, -0.2) is 4.79 Å². The van der Waals surface area contributed by atoms with Crippen LogP contribution in [0.1, 0.15) is 112 Å². The molecule has 0 saturated carbocycles. The third-order valence-corrected chi connectivity index (χ3v) is 19.9. The third-order valence-electron chi connectivity index (χ3n) is 19.3. The summed E-state index contributed by atoms with van der Waals surface area (Å²) in [5.74, 6) is -15.3. The van der Waals surface area contributed by atoms with Crippen molar-refractivity contribution < 1.29 is 93.4 Å². The molecule has 8 atom stereocenters. The number of aliphatic hydroxyl groups excluding tert-OH is 1. The maximum Gasteiger partial charge on any atom is 0.330 e. The van der Waals surface area contributed by atoms with Gasteiger partial charge in [0.05, 0.1) is 22.2 Å². The lowest BCUT2D eigenvalue weighted by Crippen LogP contribution is -2.55. The van der Waals surface area contributed by atoms with Gasteiger partial charge in [-0.15, -0.1) is 0 Å². The predicted molar refractivity (Wildman–Crippen MR) is 384 cm³/mol. The van der Waals surface area contributed by atoms with E-state index in [0.29, 0.717) is 12.1 Å². The number of piperazine rings is 1. The van der Waals surface area contributed by atoms with Crippen LogP contribution in [0, 0.1) is 0 Å². The van der Waals surface area contributed by atoms with Gasteiger partial charge in [0.2, 0.25) is 47.1 Å². The molecule has 7 aliphatic heterocycles. The van der Waals surface area contributed by atoms with Crippen LogP contribution in [0.15, 0.2) is 133 Å². The van der Waals surface area contributed by atoms with Crippen LogP contribution in [0.25, 0.3) is 11.1 Å². The quantitative estimate of drug-likeness (QED) is 0.0672. The Bertz CT molecular complexity index is 4920. The third kappa shape index (κ3) is 15.6. The van der Waals surface area contributed by atoms with Crippen LogP contribution in [0.5, 0.6) is 69.0 Å². The van der Waals surface area contributed by atoms with Crippen LogP contribution in [-0.2, 0) is 64.3 Å². The molecule has 0 radical (unpaired) electrons. The van der Waals surface area contributed by atoms with E-state index in [2.05, 4.69) is 56.3 Å². The van der Waals surface area contributed by atoms with E-state index in [0.717, 1.165) is 79.4 Å². The number of unbranched alkanes of at least 4 members (excludes halogenated alkanes) is 1. The summed E-state index contributed by atoms with van der Waals surface area (Å²) in [6, 6.07) is 15.4. The van der Waals surface area contributed by atoms with E-state index >= 15 is 24.0 Å². The number of carbonyl (C=O) groups excluding carboxylic acids is 7. The summed E-state index contributed by atoms with van der Waals surface area (Å²) in [6.07, 6.45) is 0.602. The van der Waals surface area contributed by atoms with Crippen LogP contribution in [0.4, 0.5) is 0 Å². The number of hydrogen-bond donors (Lipinski definition) is 16. The molecule has 1 fully saturated rings. The number of fused-ring (bicyclic) bond motifs is 14. The fourth-order valence-electron chi connectivity index (χ4n) is 13.5. The monoisotopic (exact) mass is 1500 g/mol. The molecular weight excluding hydrogens is 1430 g/mol. The molecule has 7 aliphatic rings. The van der Waals surface area contributed by atoms with Crippen LogP contribution in [0.3, 0.4) is 0 Å². The number of aliphatic hydroxyl groups is 1. The molecule has 8 aromatic carbocycles. The number of rotatable bonds is 10. The summed E-state index contributed by atoms with van der Waals surface area (Å²) < 4.78 is 18.6. The zero-order chi connectivity index (χ0) is 75.8. The Kier molecular flexibility index (Phi) is 21.1. The van der Waals surface area contributed by atoms with E-state index < -0.39 is 152 Å². The van der Waals surface area contributed by atoms with Gasteiger partial charge in [-0.3, -0.25) is 38.5 Å². The second-order valence-corrected chi connectivity index (χ2v) is 27.4. The van der Waals surface area contributed by atoms with Crippen molar-refractivity contribution in [2.45, 2.75) is 94.1 Å². The van der Waals surface area contributed by atoms with E-state index in [4.69, 9.17) is 43.1 Å². The molecule has 7 heterocycles. The number of phenolic OH excluding ortho intramolecular Hbond substituents is 6. The molecule has 17 bridgehead atoms. The average molecular weight is 1500 g/mol. The minimum Gasteiger partial charge on any atom is -0.508 e. The molecule has 554 valence electrons. The summed E-state index contributed by atoms with van der Waals surface area (Å²) in [5.41, 5.74) is 6.34. The van der Waals surface area contributed by atoms with Gasteiger partial charge in [0.15, 0.2) is 29.0 Å². The lowest BCUT2D eigenvalue weighted by atomic mass is 9.88.